The predicted octanol–water partition coefficient (Wildman–Crippen LogP) is 3.32. The molecule has 7 nitrogen and oxygen atoms in total. The first-order chi connectivity index (χ1) is 14.2. The number of aromatic amines is 1. The Hall–Kier alpha value is -2.67. The van der Waals surface area contributed by atoms with Crippen molar-refractivity contribution >= 4 is 17.0 Å². The summed E-state index contributed by atoms with van der Waals surface area (Å²) in [5.74, 6) is 1.20. The smallest absolute Gasteiger partial charge is 0.263 e. The van der Waals surface area contributed by atoms with Gasteiger partial charge in [0, 0.05) is 32.7 Å². The molecule has 1 fully saturated rings. The van der Waals surface area contributed by atoms with Crippen molar-refractivity contribution in [1.82, 2.24) is 24.6 Å². The SMILES string of the molecule is CC(C)c1ccc(CN2CCN(c3nc4c(cnn4C(C)(C)C)c(=O)[nH]3)CC2)cc1. The maximum absolute atomic E-state index is 12.6. The zero-order valence-electron chi connectivity index (χ0n) is 18.6. The van der Waals surface area contributed by atoms with Crippen LogP contribution in [0.3, 0.4) is 0 Å². The Labute approximate surface area is 177 Å². The molecule has 4 rings (SSSR count). The summed E-state index contributed by atoms with van der Waals surface area (Å²) in [5.41, 5.74) is 3.01. The number of hydrogen-bond donors (Lipinski definition) is 1. The van der Waals surface area contributed by atoms with Gasteiger partial charge in [0.15, 0.2) is 5.65 Å². The molecule has 0 saturated carbocycles. The van der Waals surface area contributed by atoms with Crippen LogP contribution in [0.1, 0.15) is 51.7 Å². The first kappa shape index (κ1) is 20.6. The van der Waals surface area contributed by atoms with Crippen molar-refractivity contribution in [3.05, 3.63) is 51.9 Å². The lowest BCUT2D eigenvalue weighted by Gasteiger charge is -2.35. The Morgan fingerprint density at radius 1 is 1.07 bits per heavy atom. The molecule has 30 heavy (non-hydrogen) atoms. The van der Waals surface area contributed by atoms with Gasteiger partial charge in [-0.2, -0.15) is 10.1 Å². The van der Waals surface area contributed by atoms with Gasteiger partial charge < -0.3 is 4.90 Å². The third kappa shape index (κ3) is 4.12. The zero-order valence-corrected chi connectivity index (χ0v) is 18.6. The van der Waals surface area contributed by atoms with Crippen LogP contribution >= 0.6 is 0 Å². The Morgan fingerprint density at radius 3 is 2.33 bits per heavy atom. The van der Waals surface area contributed by atoms with Gasteiger partial charge in [-0.25, -0.2) is 4.68 Å². The van der Waals surface area contributed by atoms with Crippen molar-refractivity contribution in [3.63, 3.8) is 0 Å². The quantitative estimate of drug-likeness (QED) is 0.717. The van der Waals surface area contributed by atoms with E-state index in [4.69, 9.17) is 4.98 Å². The van der Waals surface area contributed by atoms with Gasteiger partial charge in [0.05, 0.1) is 11.7 Å². The molecule has 0 unspecified atom stereocenters. The van der Waals surface area contributed by atoms with Gasteiger partial charge in [-0.05, 0) is 37.8 Å². The second kappa shape index (κ2) is 7.87. The predicted molar refractivity (Wildman–Crippen MR) is 121 cm³/mol. The summed E-state index contributed by atoms with van der Waals surface area (Å²) in [6.07, 6.45) is 1.61. The minimum Gasteiger partial charge on any atom is -0.340 e. The number of fused-ring (bicyclic) bond motifs is 1. The van der Waals surface area contributed by atoms with E-state index >= 15 is 0 Å². The van der Waals surface area contributed by atoms with Crippen LogP contribution in [-0.4, -0.2) is 50.8 Å². The summed E-state index contributed by atoms with van der Waals surface area (Å²) < 4.78 is 1.83. The standard InChI is InChI=1S/C23H32N6O/c1-16(2)18-8-6-17(7-9-18)15-27-10-12-28(13-11-27)22-25-20-19(21(30)26-22)14-24-29(20)23(3,4)5/h6-9,14,16H,10-13,15H2,1-5H3,(H,25,26,30). The summed E-state index contributed by atoms with van der Waals surface area (Å²) in [7, 11) is 0. The number of hydrogen-bond acceptors (Lipinski definition) is 5. The molecule has 0 atom stereocenters. The molecule has 0 radical (unpaired) electrons. The molecule has 0 spiro atoms. The van der Waals surface area contributed by atoms with Gasteiger partial charge in [-0.1, -0.05) is 38.1 Å². The van der Waals surface area contributed by atoms with E-state index in [1.165, 1.54) is 11.1 Å². The van der Waals surface area contributed by atoms with Gasteiger partial charge in [0.2, 0.25) is 5.95 Å². The third-order valence-corrected chi connectivity index (χ3v) is 5.79. The average Bonchev–Trinajstić information content (AvgIpc) is 3.14. The Kier molecular flexibility index (Phi) is 5.40. The lowest BCUT2D eigenvalue weighted by atomic mass is 10.0. The maximum Gasteiger partial charge on any atom is 0.263 e. The number of nitrogens with one attached hydrogen (secondary N) is 1. The first-order valence-electron chi connectivity index (χ1n) is 10.8. The van der Waals surface area contributed by atoms with Gasteiger partial charge in [0.25, 0.3) is 5.56 Å². The topological polar surface area (TPSA) is 70.1 Å². The van der Waals surface area contributed by atoms with Crippen molar-refractivity contribution < 1.29 is 0 Å². The van der Waals surface area contributed by atoms with Gasteiger partial charge in [-0.15, -0.1) is 0 Å². The van der Waals surface area contributed by atoms with Gasteiger partial charge in [0.1, 0.15) is 5.39 Å². The number of H-pyrrole nitrogens is 1. The van der Waals surface area contributed by atoms with Crippen molar-refractivity contribution in [2.75, 3.05) is 31.1 Å². The first-order valence-corrected chi connectivity index (χ1v) is 10.8. The van der Waals surface area contributed by atoms with E-state index in [9.17, 15) is 4.79 Å². The fraction of sp³-hybridized carbons (Fsp3) is 0.522. The monoisotopic (exact) mass is 408 g/mol. The van der Waals surface area contributed by atoms with Crippen molar-refractivity contribution in [1.29, 1.82) is 0 Å². The molecule has 160 valence electrons. The van der Waals surface area contributed by atoms with Crippen LogP contribution in [0, 0.1) is 0 Å². The van der Waals surface area contributed by atoms with E-state index in [2.05, 4.69) is 78.8 Å². The molecule has 1 aliphatic heterocycles. The number of piperazine rings is 1. The summed E-state index contributed by atoms with van der Waals surface area (Å²) in [4.78, 5) is 24.9. The molecule has 3 aromatic rings. The van der Waals surface area contributed by atoms with Crippen LogP contribution in [-0.2, 0) is 12.1 Å². The Morgan fingerprint density at radius 2 is 1.73 bits per heavy atom. The molecule has 0 aliphatic carbocycles. The van der Waals surface area contributed by atoms with Crippen molar-refractivity contribution in [2.24, 2.45) is 0 Å². The van der Waals surface area contributed by atoms with E-state index in [0.29, 0.717) is 22.9 Å². The van der Waals surface area contributed by atoms with Crippen LogP contribution in [0.25, 0.3) is 11.0 Å². The van der Waals surface area contributed by atoms with Crippen LogP contribution in [0.5, 0.6) is 0 Å². The minimum absolute atomic E-state index is 0.127. The molecule has 7 heteroatoms. The molecule has 1 saturated heterocycles. The van der Waals surface area contributed by atoms with Crippen molar-refractivity contribution in [3.8, 4) is 0 Å². The van der Waals surface area contributed by atoms with E-state index in [1.807, 2.05) is 4.68 Å². The lowest BCUT2D eigenvalue weighted by molar-refractivity contribution is 0.248. The van der Waals surface area contributed by atoms with Crippen LogP contribution in [0.4, 0.5) is 5.95 Å². The van der Waals surface area contributed by atoms with E-state index in [1.54, 1.807) is 6.20 Å². The molecule has 0 bridgehead atoms. The lowest BCUT2D eigenvalue weighted by Crippen LogP contribution is -2.47. The van der Waals surface area contributed by atoms with E-state index < -0.39 is 0 Å². The van der Waals surface area contributed by atoms with Gasteiger partial charge >= 0.3 is 0 Å². The highest BCUT2D eigenvalue weighted by Crippen LogP contribution is 2.21. The minimum atomic E-state index is -0.233. The second-order valence-electron chi connectivity index (χ2n) is 9.51. The highest BCUT2D eigenvalue weighted by molar-refractivity contribution is 5.74. The van der Waals surface area contributed by atoms with E-state index in [0.717, 1.165) is 32.7 Å². The second-order valence-corrected chi connectivity index (χ2v) is 9.51. The number of aromatic nitrogens is 4. The van der Waals surface area contributed by atoms with Crippen LogP contribution in [0.2, 0.25) is 0 Å². The summed E-state index contributed by atoms with van der Waals surface area (Å²) in [6, 6.07) is 8.95. The van der Waals surface area contributed by atoms with Crippen LogP contribution in [0.15, 0.2) is 35.3 Å². The molecule has 1 N–H and O–H groups in total. The summed E-state index contributed by atoms with van der Waals surface area (Å²) in [6.45, 7) is 15.1. The Balaban J connectivity index is 1.46. The maximum atomic E-state index is 12.6. The number of nitrogens with zero attached hydrogens (tertiary/aromatic N) is 5. The zero-order chi connectivity index (χ0) is 21.5. The number of benzene rings is 1. The molecular formula is C23H32N6O. The molecular weight excluding hydrogens is 376 g/mol. The van der Waals surface area contributed by atoms with Gasteiger partial charge in [-0.3, -0.25) is 14.7 Å². The van der Waals surface area contributed by atoms with E-state index in [-0.39, 0.29) is 11.1 Å². The molecule has 1 aromatic carbocycles. The molecule has 0 amide bonds. The Bertz CT molecular complexity index is 1070. The average molecular weight is 409 g/mol. The molecule has 1 aliphatic rings. The summed E-state index contributed by atoms with van der Waals surface area (Å²) >= 11 is 0. The van der Waals surface area contributed by atoms with Crippen molar-refractivity contribution in [2.45, 2.75) is 52.6 Å². The molecule has 2 aromatic heterocycles. The van der Waals surface area contributed by atoms with Crippen LogP contribution < -0.4 is 10.5 Å². The number of anilines is 1. The number of rotatable bonds is 4. The highest BCUT2D eigenvalue weighted by Gasteiger charge is 2.23. The summed E-state index contributed by atoms with van der Waals surface area (Å²) in [5, 5.41) is 4.94. The molecule has 3 heterocycles. The third-order valence-electron chi connectivity index (χ3n) is 5.79. The fourth-order valence-electron chi connectivity index (χ4n) is 3.93. The normalized spacial score (nSPS) is 16.0. The fourth-order valence-corrected chi connectivity index (χ4v) is 3.93. The largest absolute Gasteiger partial charge is 0.340 e. The highest BCUT2D eigenvalue weighted by atomic mass is 16.1.